The lowest BCUT2D eigenvalue weighted by molar-refractivity contribution is -0.153. The van der Waals surface area contributed by atoms with Gasteiger partial charge < -0.3 is 14.6 Å². The molecule has 0 unspecified atom stereocenters. The van der Waals surface area contributed by atoms with Gasteiger partial charge in [-0.15, -0.1) is 11.3 Å². The second-order valence-electron chi connectivity index (χ2n) is 7.60. The molecule has 148 valence electrons. The predicted molar refractivity (Wildman–Crippen MR) is 108 cm³/mol. The number of carbonyl (C=O) groups excluding carboxylic acids is 2. The van der Waals surface area contributed by atoms with E-state index < -0.39 is 17.5 Å². The number of aryl methyl sites for hydroxylation is 3. The zero-order valence-corrected chi connectivity index (χ0v) is 17.6. The molecule has 3 heterocycles. The average Bonchev–Trinajstić information content (AvgIpc) is 3.12. The molecule has 0 aliphatic heterocycles. The molecule has 0 fully saturated rings. The molecule has 3 rings (SSSR count). The molecule has 0 saturated heterocycles. The van der Waals surface area contributed by atoms with Gasteiger partial charge in [0.1, 0.15) is 12.1 Å². The minimum Gasteiger partial charge on any atom is -0.459 e. The highest BCUT2D eigenvalue weighted by Gasteiger charge is 2.22. The molecule has 0 radical (unpaired) electrons. The molecule has 3 aromatic heterocycles. The van der Waals surface area contributed by atoms with Gasteiger partial charge in [-0.3, -0.25) is 9.59 Å². The minimum absolute atomic E-state index is 0.226. The van der Waals surface area contributed by atoms with Crippen LogP contribution in [0.2, 0.25) is 0 Å². The second kappa shape index (κ2) is 7.35. The number of carbonyl (C=O) groups is 2. The van der Waals surface area contributed by atoms with Crippen molar-refractivity contribution < 1.29 is 18.8 Å². The maximum absolute atomic E-state index is 12.8. The molecule has 0 spiro atoms. The zero-order valence-electron chi connectivity index (χ0n) is 16.8. The lowest BCUT2D eigenvalue weighted by Crippen LogP contribution is -2.34. The summed E-state index contributed by atoms with van der Waals surface area (Å²) in [7, 11) is 0. The van der Waals surface area contributed by atoms with Crippen molar-refractivity contribution in [3.8, 4) is 11.3 Å². The smallest absolute Gasteiger partial charge is 0.325 e. The van der Waals surface area contributed by atoms with Crippen molar-refractivity contribution in [3.05, 3.63) is 33.1 Å². The largest absolute Gasteiger partial charge is 0.459 e. The van der Waals surface area contributed by atoms with Crippen molar-refractivity contribution in [1.29, 1.82) is 0 Å². The van der Waals surface area contributed by atoms with E-state index in [4.69, 9.17) is 9.26 Å². The Morgan fingerprint density at radius 1 is 1.21 bits per heavy atom. The third kappa shape index (κ3) is 4.22. The topological polar surface area (TPSA) is 94.3 Å². The number of hydrogen-bond donors (Lipinski definition) is 1. The van der Waals surface area contributed by atoms with E-state index in [9.17, 15) is 9.59 Å². The number of ether oxygens (including phenoxy) is 1. The molecule has 8 heteroatoms. The Labute approximate surface area is 167 Å². The molecule has 0 atom stereocenters. The Morgan fingerprint density at radius 3 is 2.54 bits per heavy atom. The molecule has 7 nitrogen and oxygen atoms in total. The third-order valence-electron chi connectivity index (χ3n) is 3.99. The first-order chi connectivity index (χ1) is 13.0. The molecule has 0 bridgehead atoms. The minimum atomic E-state index is -0.613. The van der Waals surface area contributed by atoms with Crippen molar-refractivity contribution in [2.75, 3.05) is 6.54 Å². The first kappa shape index (κ1) is 20.0. The molecular formula is C20H23N3O4S. The fraction of sp³-hybridized carbons (Fsp3) is 0.400. The fourth-order valence-corrected chi connectivity index (χ4v) is 3.86. The third-order valence-corrected chi connectivity index (χ3v) is 4.96. The van der Waals surface area contributed by atoms with Crippen LogP contribution >= 0.6 is 11.3 Å². The summed E-state index contributed by atoms with van der Waals surface area (Å²) >= 11 is 1.66. The van der Waals surface area contributed by atoms with Crippen LogP contribution in [0, 0.1) is 20.8 Å². The van der Waals surface area contributed by atoms with Gasteiger partial charge in [0.05, 0.1) is 22.3 Å². The number of pyridine rings is 1. The highest BCUT2D eigenvalue weighted by molar-refractivity contribution is 7.12. The van der Waals surface area contributed by atoms with E-state index in [1.54, 1.807) is 45.1 Å². The second-order valence-corrected chi connectivity index (χ2v) is 9.06. The van der Waals surface area contributed by atoms with Gasteiger partial charge in [0, 0.05) is 15.3 Å². The molecule has 1 N–H and O–H groups in total. The summed E-state index contributed by atoms with van der Waals surface area (Å²) in [5.41, 5.74) is 2.19. The van der Waals surface area contributed by atoms with Gasteiger partial charge in [-0.05, 0) is 53.7 Å². The van der Waals surface area contributed by atoms with Gasteiger partial charge in [0.15, 0.2) is 0 Å². The van der Waals surface area contributed by atoms with Crippen molar-refractivity contribution in [2.45, 2.75) is 47.1 Å². The summed E-state index contributed by atoms with van der Waals surface area (Å²) in [6, 6.07) is 3.74. The Balaban J connectivity index is 1.95. The summed E-state index contributed by atoms with van der Waals surface area (Å²) < 4.78 is 10.5. The van der Waals surface area contributed by atoms with Crippen LogP contribution in [-0.2, 0) is 9.53 Å². The average molecular weight is 401 g/mol. The Hall–Kier alpha value is -2.74. The van der Waals surface area contributed by atoms with Gasteiger partial charge in [0.2, 0.25) is 0 Å². The van der Waals surface area contributed by atoms with E-state index in [1.165, 1.54) is 0 Å². The maximum Gasteiger partial charge on any atom is 0.325 e. The van der Waals surface area contributed by atoms with Crippen LogP contribution in [0.3, 0.4) is 0 Å². The molecular weight excluding hydrogens is 378 g/mol. The van der Waals surface area contributed by atoms with Gasteiger partial charge in [-0.25, -0.2) is 4.98 Å². The van der Waals surface area contributed by atoms with Crippen LogP contribution in [0.4, 0.5) is 0 Å². The van der Waals surface area contributed by atoms with Crippen molar-refractivity contribution >= 4 is 34.3 Å². The first-order valence-corrected chi connectivity index (χ1v) is 9.71. The van der Waals surface area contributed by atoms with Crippen molar-refractivity contribution in [2.24, 2.45) is 0 Å². The number of aromatic nitrogens is 2. The molecule has 0 saturated carbocycles. The van der Waals surface area contributed by atoms with Crippen LogP contribution in [-0.4, -0.2) is 34.2 Å². The van der Waals surface area contributed by atoms with Gasteiger partial charge >= 0.3 is 5.97 Å². The van der Waals surface area contributed by atoms with E-state index >= 15 is 0 Å². The highest BCUT2D eigenvalue weighted by atomic mass is 32.1. The Kier molecular flexibility index (Phi) is 5.25. The van der Waals surface area contributed by atoms with Crippen LogP contribution in [0.15, 0.2) is 16.7 Å². The number of esters is 1. The molecule has 1 amide bonds. The number of amides is 1. The number of fused-ring (bicyclic) bond motifs is 1. The van der Waals surface area contributed by atoms with Crippen LogP contribution in [0.5, 0.6) is 0 Å². The molecule has 28 heavy (non-hydrogen) atoms. The van der Waals surface area contributed by atoms with Gasteiger partial charge in [0.25, 0.3) is 11.6 Å². The number of hydrogen-bond acceptors (Lipinski definition) is 7. The van der Waals surface area contributed by atoms with Crippen LogP contribution in [0.1, 0.15) is 46.6 Å². The quantitative estimate of drug-likeness (QED) is 0.665. The normalized spacial score (nSPS) is 11.6. The molecule has 3 aromatic rings. The Bertz CT molecular complexity index is 1060. The van der Waals surface area contributed by atoms with Crippen molar-refractivity contribution in [3.63, 3.8) is 0 Å². The van der Waals surface area contributed by atoms with E-state index in [2.05, 4.69) is 15.5 Å². The van der Waals surface area contributed by atoms with Gasteiger partial charge in [-0.2, -0.15) is 0 Å². The predicted octanol–water partition coefficient (Wildman–Crippen LogP) is 3.95. The Morgan fingerprint density at radius 2 is 1.93 bits per heavy atom. The summed E-state index contributed by atoms with van der Waals surface area (Å²) in [6.45, 7) is 10.9. The number of thiophene rings is 1. The zero-order chi connectivity index (χ0) is 20.6. The van der Waals surface area contributed by atoms with Crippen molar-refractivity contribution in [1.82, 2.24) is 15.5 Å². The number of rotatable bonds is 4. The molecule has 0 aromatic carbocycles. The van der Waals surface area contributed by atoms with E-state index in [1.807, 2.05) is 19.9 Å². The summed E-state index contributed by atoms with van der Waals surface area (Å²) in [5, 5.41) is 7.10. The highest BCUT2D eigenvalue weighted by Crippen LogP contribution is 2.32. The van der Waals surface area contributed by atoms with Crippen LogP contribution < -0.4 is 5.32 Å². The van der Waals surface area contributed by atoms with E-state index in [0.717, 1.165) is 15.3 Å². The first-order valence-electron chi connectivity index (χ1n) is 8.89. The molecule has 0 aliphatic rings. The number of nitrogens with one attached hydrogen (secondary N) is 1. The SMILES string of the molecule is Cc1cc(-c2cc(C(=O)NCC(=O)OC(C)(C)C)c3c(C)noc3n2)c(C)s1. The standard InChI is InChI=1S/C20H23N3O4S/c1-10-7-13(12(3)28-10)15-8-14(17-11(2)23-27-19(17)22-15)18(25)21-9-16(24)26-20(4,5)6/h7-8H,9H2,1-6H3,(H,21,25). The van der Waals surface area contributed by atoms with E-state index in [-0.39, 0.29) is 6.54 Å². The maximum atomic E-state index is 12.8. The summed E-state index contributed by atoms with van der Waals surface area (Å²) in [5.74, 6) is -0.909. The van der Waals surface area contributed by atoms with E-state index in [0.29, 0.717) is 28.1 Å². The number of nitrogens with zero attached hydrogens (tertiary/aromatic N) is 2. The lowest BCUT2D eigenvalue weighted by Gasteiger charge is -2.19. The lowest BCUT2D eigenvalue weighted by atomic mass is 10.1. The molecule has 0 aliphatic carbocycles. The summed E-state index contributed by atoms with van der Waals surface area (Å²) in [4.78, 5) is 31.6. The monoisotopic (exact) mass is 401 g/mol. The van der Waals surface area contributed by atoms with Gasteiger partial charge in [-0.1, -0.05) is 5.16 Å². The fourth-order valence-electron chi connectivity index (χ4n) is 2.92. The summed E-state index contributed by atoms with van der Waals surface area (Å²) in [6.07, 6.45) is 0. The van der Waals surface area contributed by atoms with Crippen LogP contribution in [0.25, 0.3) is 22.4 Å².